The molecule has 2 N–H and O–H groups in total. The highest BCUT2D eigenvalue weighted by Crippen LogP contribution is 2.27. The number of carbonyl (C=O) groups is 1. The normalized spacial score (nSPS) is 10.3. The van der Waals surface area contributed by atoms with Gasteiger partial charge >= 0.3 is 0 Å². The summed E-state index contributed by atoms with van der Waals surface area (Å²) in [6, 6.07) is 19.0. The summed E-state index contributed by atoms with van der Waals surface area (Å²) < 4.78 is 10.9. The van der Waals surface area contributed by atoms with Crippen LogP contribution in [0.25, 0.3) is 0 Å². The zero-order valence-electron chi connectivity index (χ0n) is 16.6. The number of para-hydroxylation sites is 3. The molecule has 6 nitrogen and oxygen atoms in total. The first-order chi connectivity index (χ1) is 14.2. The Kier molecular flexibility index (Phi) is 7.05. The summed E-state index contributed by atoms with van der Waals surface area (Å²) in [5, 5.41) is 6.16. The van der Waals surface area contributed by atoms with Crippen molar-refractivity contribution in [1.29, 1.82) is 0 Å². The molecule has 3 aromatic rings. The molecule has 0 unspecified atom stereocenters. The minimum Gasteiger partial charge on any atom is -0.496 e. The van der Waals surface area contributed by atoms with Crippen molar-refractivity contribution in [2.75, 3.05) is 25.6 Å². The molecule has 0 radical (unpaired) electrons. The summed E-state index contributed by atoms with van der Waals surface area (Å²) in [6.45, 7) is 3.03. The number of aromatic nitrogens is 1. The second-order valence-corrected chi connectivity index (χ2v) is 6.30. The molecule has 1 heterocycles. The number of hydrogen-bond acceptors (Lipinski definition) is 5. The zero-order chi connectivity index (χ0) is 20.5. The molecular weight excluding hydrogens is 366 g/mol. The van der Waals surface area contributed by atoms with E-state index in [1.54, 1.807) is 19.4 Å². The number of amides is 1. The summed E-state index contributed by atoms with van der Waals surface area (Å²) in [5.41, 5.74) is 3.05. The first-order valence-electron chi connectivity index (χ1n) is 9.56. The van der Waals surface area contributed by atoms with Gasteiger partial charge < -0.3 is 20.1 Å². The van der Waals surface area contributed by atoms with Gasteiger partial charge in [0.05, 0.1) is 31.3 Å². The van der Waals surface area contributed by atoms with Crippen LogP contribution in [0.4, 0.5) is 11.4 Å². The van der Waals surface area contributed by atoms with Crippen LogP contribution in [0.1, 0.15) is 23.0 Å². The summed E-state index contributed by atoms with van der Waals surface area (Å²) >= 11 is 0. The van der Waals surface area contributed by atoms with Crippen LogP contribution in [0, 0.1) is 0 Å². The van der Waals surface area contributed by atoms with Gasteiger partial charge in [-0.05, 0) is 49.2 Å². The van der Waals surface area contributed by atoms with Gasteiger partial charge in [-0.2, -0.15) is 0 Å². The molecule has 0 atom stereocenters. The number of hydrogen-bond donors (Lipinski definition) is 2. The highest BCUT2D eigenvalue weighted by molar-refractivity contribution is 5.92. The van der Waals surface area contributed by atoms with Gasteiger partial charge in [0.1, 0.15) is 17.2 Å². The van der Waals surface area contributed by atoms with E-state index in [2.05, 4.69) is 15.6 Å². The Bertz CT molecular complexity index is 942. The Labute approximate surface area is 170 Å². The van der Waals surface area contributed by atoms with Gasteiger partial charge in [-0.1, -0.05) is 30.3 Å². The van der Waals surface area contributed by atoms with Crippen molar-refractivity contribution >= 4 is 17.3 Å². The summed E-state index contributed by atoms with van der Waals surface area (Å²) in [7, 11) is 1.64. The molecule has 6 heteroatoms. The van der Waals surface area contributed by atoms with Gasteiger partial charge in [-0.15, -0.1) is 0 Å². The van der Waals surface area contributed by atoms with Crippen LogP contribution in [0.5, 0.6) is 11.5 Å². The summed E-state index contributed by atoms with van der Waals surface area (Å²) in [4.78, 5) is 16.6. The van der Waals surface area contributed by atoms with Crippen LogP contribution < -0.4 is 20.1 Å². The van der Waals surface area contributed by atoms with E-state index in [4.69, 9.17) is 9.47 Å². The Balaban J connectivity index is 1.56. The highest BCUT2D eigenvalue weighted by Gasteiger charge is 2.09. The molecule has 0 aliphatic carbocycles. The fourth-order valence-corrected chi connectivity index (χ4v) is 2.92. The van der Waals surface area contributed by atoms with Crippen molar-refractivity contribution in [2.24, 2.45) is 0 Å². The van der Waals surface area contributed by atoms with Gasteiger partial charge in [0.25, 0.3) is 5.91 Å². The number of nitrogens with one attached hydrogen (secondary N) is 2. The maximum Gasteiger partial charge on any atom is 0.269 e. The molecule has 29 heavy (non-hydrogen) atoms. The van der Waals surface area contributed by atoms with E-state index in [1.807, 2.05) is 61.5 Å². The third-order valence-electron chi connectivity index (χ3n) is 4.33. The van der Waals surface area contributed by atoms with Crippen LogP contribution in [0.3, 0.4) is 0 Å². The minimum atomic E-state index is -0.207. The second kappa shape index (κ2) is 10.1. The van der Waals surface area contributed by atoms with Crippen LogP contribution in [-0.4, -0.2) is 31.2 Å². The number of pyridine rings is 1. The Hall–Kier alpha value is -3.54. The molecule has 2 aromatic carbocycles. The van der Waals surface area contributed by atoms with Crippen LogP contribution in [-0.2, 0) is 6.42 Å². The maximum atomic E-state index is 12.4. The number of methoxy groups -OCH3 is 1. The standard InChI is InChI=1S/C23H25N3O3/c1-3-29-22-11-7-5-9-19(22)26-18-12-13-20(25-16-18)23(27)24-15-14-17-8-4-6-10-21(17)28-2/h4-13,16,26H,3,14-15H2,1-2H3,(H,24,27). The van der Waals surface area contributed by atoms with Crippen molar-refractivity contribution in [3.05, 3.63) is 78.1 Å². The van der Waals surface area contributed by atoms with Crippen molar-refractivity contribution < 1.29 is 14.3 Å². The number of carbonyl (C=O) groups excluding carboxylic acids is 1. The smallest absolute Gasteiger partial charge is 0.269 e. The lowest BCUT2D eigenvalue weighted by Gasteiger charge is -2.12. The maximum absolute atomic E-state index is 12.4. The topological polar surface area (TPSA) is 72.5 Å². The lowest BCUT2D eigenvalue weighted by atomic mass is 10.1. The predicted octanol–water partition coefficient (Wildman–Crippen LogP) is 4.21. The SMILES string of the molecule is CCOc1ccccc1Nc1ccc(C(=O)NCCc2ccccc2OC)nc1. The van der Waals surface area contributed by atoms with Crippen LogP contribution >= 0.6 is 0 Å². The molecule has 0 saturated heterocycles. The van der Waals surface area contributed by atoms with Gasteiger partial charge in [-0.3, -0.25) is 4.79 Å². The molecule has 1 aromatic heterocycles. The van der Waals surface area contributed by atoms with Crippen molar-refractivity contribution in [3.8, 4) is 11.5 Å². The molecule has 0 fully saturated rings. The van der Waals surface area contributed by atoms with E-state index >= 15 is 0 Å². The van der Waals surface area contributed by atoms with E-state index < -0.39 is 0 Å². The van der Waals surface area contributed by atoms with Gasteiger partial charge in [-0.25, -0.2) is 4.98 Å². The quantitative estimate of drug-likeness (QED) is 0.572. The van der Waals surface area contributed by atoms with Crippen molar-refractivity contribution in [1.82, 2.24) is 10.3 Å². The van der Waals surface area contributed by atoms with E-state index in [0.29, 0.717) is 25.3 Å². The molecule has 0 saturated carbocycles. The lowest BCUT2D eigenvalue weighted by Crippen LogP contribution is -2.26. The van der Waals surface area contributed by atoms with Gasteiger partial charge in [0, 0.05) is 6.54 Å². The largest absolute Gasteiger partial charge is 0.496 e. The third-order valence-corrected chi connectivity index (χ3v) is 4.33. The molecule has 0 aliphatic heterocycles. The molecule has 150 valence electrons. The van der Waals surface area contributed by atoms with E-state index in [9.17, 15) is 4.79 Å². The monoisotopic (exact) mass is 391 g/mol. The predicted molar refractivity (Wildman–Crippen MR) is 114 cm³/mol. The molecule has 3 rings (SSSR count). The number of nitrogens with zero attached hydrogens (tertiary/aromatic N) is 1. The fraction of sp³-hybridized carbons (Fsp3) is 0.217. The van der Waals surface area contributed by atoms with Crippen LogP contribution in [0.15, 0.2) is 66.9 Å². The highest BCUT2D eigenvalue weighted by atomic mass is 16.5. The minimum absolute atomic E-state index is 0.207. The fourth-order valence-electron chi connectivity index (χ4n) is 2.92. The number of anilines is 2. The van der Waals surface area contributed by atoms with E-state index in [0.717, 1.165) is 28.4 Å². The van der Waals surface area contributed by atoms with E-state index in [1.165, 1.54) is 0 Å². The van der Waals surface area contributed by atoms with Gasteiger partial charge in [0.2, 0.25) is 0 Å². The van der Waals surface area contributed by atoms with Crippen LogP contribution in [0.2, 0.25) is 0 Å². The molecule has 1 amide bonds. The Morgan fingerprint density at radius 2 is 1.76 bits per heavy atom. The lowest BCUT2D eigenvalue weighted by molar-refractivity contribution is 0.0949. The molecule has 0 bridgehead atoms. The second-order valence-electron chi connectivity index (χ2n) is 6.30. The molecular formula is C23H25N3O3. The Morgan fingerprint density at radius 3 is 2.48 bits per heavy atom. The number of rotatable bonds is 9. The summed E-state index contributed by atoms with van der Waals surface area (Å²) in [5.74, 6) is 1.39. The first kappa shape index (κ1) is 20.2. The number of ether oxygens (including phenoxy) is 2. The van der Waals surface area contributed by atoms with Gasteiger partial charge in [0.15, 0.2) is 0 Å². The zero-order valence-corrected chi connectivity index (χ0v) is 16.6. The van der Waals surface area contributed by atoms with E-state index in [-0.39, 0.29) is 5.91 Å². The molecule has 0 aliphatic rings. The average molecular weight is 391 g/mol. The molecule has 0 spiro atoms. The third kappa shape index (κ3) is 5.48. The number of benzene rings is 2. The summed E-state index contributed by atoms with van der Waals surface area (Å²) in [6.07, 6.45) is 2.32. The first-order valence-corrected chi connectivity index (χ1v) is 9.56. The van der Waals surface area contributed by atoms with Crippen molar-refractivity contribution in [2.45, 2.75) is 13.3 Å². The Morgan fingerprint density at radius 1 is 1.00 bits per heavy atom. The van der Waals surface area contributed by atoms with Crippen molar-refractivity contribution in [3.63, 3.8) is 0 Å². The average Bonchev–Trinajstić information content (AvgIpc) is 2.76.